The zero-order chi connectivity index (χ0) is 17.2. The summed E-state index contributed by atoms with van der Waals surface area (Å²) in [5.41, 5.74) is 0.377. The summed E-state index contributed by atoms with van der Waals surface area (Å²) in [6.07, 6.45) is 4.86. The molecule has 1 unspecified atom stereocenters. The summed E-state index contributed by atoms with van der Waals surface area (Å²) >= 11 is 0. The SMILES string of the molecule is CC(=O)c1cccc(S(=O)(=O)N2CCC(Oc3cnccn3)C2)c1. The van der Waals surface area contributed by atoms with E-state index >= 15 is 0 Å². The zero-order valence-corrected chi connectivity index (χ0v) is 13.9. The third-order valence-electron chi connectivity index (χ3n) is 3.81. The Bertz CT molecular complexity index is 839. The molecule has 126 valence electrons. The molecule has 0 aliphatic carbocycles. The summed E-state index contributed by atoms with van der Waals surface area (Å²) in [6, 6.07) is 6.09. The van der Waals surface area contributed by atoms with Crippen LogP contribution in [-0.4, -0.2) is 47.7 Å². The van der Waals surface area contributed by atoms with Gasteiger partial charge in [-0.2, -0.15) is 4.31 Å². The van der Waals surface area contributed by atoms with Crippen LogP contribution in [0.25, 0.3) is 0 Å². The van der Waals surface area contributed by atoms with Crippen molar-refractivity contribution >= 4 is 15.8 Å². The van der Waals surface area contributed by atoms with E-state index < -0.39 is 10.0 Å². The second-order valence-corrected chi connectivity index (χ2v) is 7.46. The molecule has 1 aliphatic heterocycles. The van der Waals surface area contributed by atoms with Gasteiger partial charge in [0, 0.05) is 24.5 Å². The molecular formula is C16H17N3O4S. The minimum absolute atomic E-state index is 0.121. The van der Waals surface area contributed by atoms with Gasteiger partial charge < -0.3 is 4.74 Å². The quantitative estimate of drug-likeness (QED) is 0.762. The molecule has 1 aromatic heterocycles. The van der Waals surface area contributed by atoms with Crippen LogP contribution in [0, 0.1) is 0 Å². The summed E-state index contributed by atoms with van der Waals surface area (Å²) in [5, 5.41) is 0. The summed E-state index contributed by atoms with van der Waals surface area (Å²) in [6.45, 7) is 2.01. The molecule has 0 N–H and O–H groups in total. The maximum Gasteiger partial charge on any atom is 0.243 e. The Morgan fingerprint density at radius 3 is 2.88 bits per heavy atom. The molecule has 1 aromatic carbocycles. The van der Waals surface area contributed by atoms with Crippen molar-refractivity contribution in [2.75, 3.05) is 13.1 Å². The summed E-state index contributed by atoms with van der Waals surface area (Å²) in [5.74, 6) is 0.206. The van der Waals surface area contributed by atoms with Gasteiger partial charge in [0.1, 0.15) is 6.10 Å². The van der Waals surface area contributed by atoms with Crippen molar-refractivity contribution in [2.24, 2.45) is 0 Å². The number of ether oxygens (including phenoxy) is 1. The maximum absolute atomic E-state index is 12.7. The highest BCUT2D eigenvalue weighted by Gasteiger charge is 2.34. The Hall–Kier alpha value is -2.32. The molecule has 0 spiro atoms. The first kappa shape index (κ1) is 16.5. The van der Waals surface area contributed by atoms with Gasteiger partial charge in [0.2, 0.25) is 15.9 Å². The Balaban J connectivity index is 1.74. The van der Waals surface area contributed by atoms with E-state index in [4.69, 9.17) is 4.74 Å². The number of carbonyl (C=O) groups excluding carboxylic acids is 1. The third-order valence-corrected chi connectivity index (χ3v) is 5.67. The molecule has 0 radical (unpaired) electrons. The molecular weight excluding hydrogens is 330 g/mol. The van der Waals surface area contributed by atoms with E-state index in [0.717, 1.165) is 0 Å². The number of ketones is 1. The number of hydrogen-bond donors (Lipinski definition) is 0. The van der Waals surface area contributed by atoms with Crippen LogP contribution in [0.2, 0.25) is 0 Å². The predicted molar refractivity (Wildman–Crippen MR) is 86.3 cm³/mol. The smallest absolute Gasteiger partial charge is 0.243 e. The van der Waals surface area contributed by atoms with Crippen LogP contribution >= 0.6 is 0 Å². The summed E-state index contributed by atoms with van der Waals surface area (Å²) in [4.78, 5) is 19.5. The van der Waals surface area contributed by atoms with Crippen molar-refractivity contribution in [1.82, 2.24) is 14.3 Å². The topological polar surface area (TPSA) is 89.5 Å². The summed E-state index contributed by atoms with van der Waals surface area (Å²) in [7, 11) is -3.65. The van der Waals surface area contributed by atoms with Crippen LogP contribution in [0.3, 0.4) is 0 Å². The average Bonchev–Trinajstić information content (AvgIpc) is 3.05. The van der Waals surface area contributed by atoms with Gasteiger partial charge in [-0.15, -0.1) is 0 Å². The third kappa shape index (κ3) is 3.44. The van der Waals surface area contributed by atoms with Gasteiger partial charge in [-0.1, -0.05) is 12.1 Å². The number of sulfonamides is 1. The van der Waals surface area contributed by atoms with E-state index in [-0.39, 0.29) is 23.3 Å². The first-order chi connectivity index (χ1) is 11.5. The first-order valence-electron chi connectivity index (χ1n) is 7.50. The fourth-order valence-electron chi connectivity index (χ4n) is 2.55. The lowest BCUT2D eigenvalue weighted by Gasteiger charge is -2.17. The summed E-state index contributed by atoms with van der Waals surface area (Å²) < 4.78 is 32.5. The average molecular weight is 347 g/mol. The second-order valence-electron chi connectivity index (χ2n) is 5.52. The molecule has 0 saturated carbocycles. The van der Waals surface area contributed by atoms with E-state index in [1.54, 1.807) is 18.3 Å². The number of carbonyl (C=O) groups is 1. The maximum atomic E-state index is 12.7. The highest BCUT2D eigenvalue weighted by Crippen LogP contribution is 2.24. The van der Waals surface area contributed by atoms with Gasteiger partial charge in [-0.05, 0) is 25.5 Å². The molecule has 1 atom stereocenters. The first-order valence-corrected chi connectivity index (χ1v) is 8.94. The Kier molecular flexibility index (Phi) is 4.59. The Labute approximate surface area is 140 Å². The molecule has 1 saturated heterocycles. The molecule has 1 fully saturated rings. The van der Waals surface area contributed by atoms with Crippen LogP contribution in [0.1, 0.15) is 23.7 Å². The van der Waals surface area contributed by atoms with Crippen LogP contribution < -0.4 is 4.74 Å². The van der Waals surface area contributed by atoms with E-state index in [9.17, 15) is 13.2 Å². The lowest BCUT2D eigenvalue weighted by molar-refractivity contribution is 0.101. The number of hydrogen-bond acceptors (Lipinski definition) is 6. The van der Waals surface area contributed by atoms with Crippen molar-refractivity contribution in [1.29, 1.82) is 0 Å². The molecule has 24 heavy (non-hydrogen) atoms. The Morgan fingerprint density at radius 2 is 2.17 bits per heavy atom. The largest absolute Gasteiger partial charge is 0.472 e. The molecule has 1 aliphatic rings. The highest BCUT2D eigenvalue weighted by molar-refractivity contribution is 7.89. The van der Waals surface area contributed by atoms with Crippen molar-refractivity contribution in [3.63, 3.8) is 0 Å². The minimum atomic E-state index is -3.65. The Morgan fingerprint density at radius 1 is 1.33 bits per heavy atom. The van der Waals surface area contributed by atoms with Gasteiger partial charge >= 0.3 is 0 Å². The highest BCUT2D eigenvalue weighted by atomic mass is 32.2. The van der Waals surface area contributed by atoms with Gasteiger partial charge in [0.05, 0.1) is 17.6 Å². The second kappa shape index (κ2) is 6.66. The monoisotopic (exact) mass is 347 g/mol. The molecule has 0 amide bonds. The van der Waals surface area contributed by atoms with E-state index in [2.05, 4.69) is 9.97 Å². The molecule has 2 heterocycles. The van der Waals surface area contributed by atoms with Crippen molar-refractivity contribution in [2.45, 2.75) is 24.3 Å². The minimum Gasteiger partial charge on any atom is -0.472 e. The number of nitrogens with zero attached hydrogens (tertiary/aromatic N) is 3. The van der Waals surface area contributed by atoms with Gasteiger partial charge in [-0.25, -0.2) is 13.4 Å². The number of Topliss-reactive ketones (excluding diaryl/α,β-unsaturated/α-hetero) is 1. The fourth-order valence-corrected chi connectivity index (χ4v) is 4.09. The van der Waals surface area contributed by atoms with E-state index in [1.165, 1.54) is 35.8 Å². The lowest BCUT2D eigenvalue weighted by atomic mass is 10.2. The van der Waals surface area contributed by atoms with Gasteiger partial charge in [-0.3, -0.25) is 9.78 Å². The molecule has 0 bridgehead atoms. The number of rotatable bonds is 5. The van der Waals surface area contributed by atoms with Crippen LogP contribution in [0.4, 0.5) is 0 Å². The molecule has 3 rings (SSSR count). The normalized spacial score (nSPS) is 18.5. The van der Waals surface area contributed by atoms with Gasteiger partial charge in [0.15, 0.2) is 5.78 Å². The molecule has 7 nitrogen and oxygen atoms in total. The lowest BCUT2D eigenvalue weighted by Crippen LogP contribution is -2.31. The standard InChI is InChI=1S/C16H17N3O4S/c1-12(20)13-3-2-4-15(9-13)24(21,22)19-8-5-14(11-19)23-16-10-17-6-7-18-16/h2-4,6-7,9-10,14H,5,8,11H2,1H3. The van der Waals surface area contributed by atoms with Crippen LogP contribution in [0.5, 0.6) is 5.88 Å². The van der Waals surface area contributed by atoms with Gasteiger partial charge in [0.25, 0.3) is 0 Å². The van der Waals surface area contributed by atoms with Crippen LogP contribution in [-0.2, 0) is 10.0 Å². The fraction of sp³-hybridized carbons (Fsp3) is 0.312. The molecule has 8 heteroatoms. The number of benzene rings is 1. The van der Waals surface area contributed by atoms with Crippen molar-refractivity contribution < 1.29 is 17.9 Å². The predicted octanol–water partition coefficient (Wildman–Crippen LogP) is 1.52. The molecule has 2 aromatic rings. The zero-order valence-electron chi connectivity index (χ0n) is 13.1. The van der Waals surface area contributed by atoms with E-state index in [1.807, 2.05) is 0 Å². The van der Waals surface area contributed by atoms with Crippen molar-refractivity contribution in [3.05, 3.63) is 48.4 Å². The van der Waals surface area contributed by atoms with E-state index in [0.29, 0.717) is 24.4 Å². The van der Waals surface area contributed by atoms with Crippen molar-refractivity contribution in [3.8, 4) is 5.88 Å². The van der Waals surface area contributed by atoms with Crippen LogP contribution in [0.15, 0.2) is 47.8 Å². The number of aromatic nitrogens is 2.